The molecule has 1 aliphatic carbocycles. The van der Waals surface area contributed by atoms with Crippen LogP contribution in [0.5, 0.6) is 0 Å². The fourth-order valence-corrected chi connectivity index (χ4v) is 2.74. The predicted octanol–water partition coefficient (Wildman–Crippen LogP) is 3.32. The number of carbonyl (C=O) groups excluding carboxylic acids is 1. The lowest BCUT2D eigenvalue weighted by atomic mass is 9.78. The van der Waals surface area contributed by atoms with Crippen LogP contribution in [0.25, 0.3) is 0 Å². The molecule has 98 valence electrons. The number of benzene rings is 1. The third-order valence-electron chi connectivity index (χ3n) is 3.44. The Balaban J connectivity index is 2.21. The van der Waals surface area contributed by atoms with Crippen LogP contribution in [0.3, 0.4) is 0 Å². The highest BCUT2D eigenvalue weighted by molar-refractivity contribution is 9.09. The van der Waals surface area contributed by atoms with E-state index in [1.165, 1.54) is 13.0 Å². The van der Waals surface area contributed by atoms with Crippen LogP contribution in [0.1, 0.15) is 35.2 Å². The number of halogens is 3. The molecule has 1 amide bonds. The summed E-state index contributed by atoms with van der Waals surface area (Å²) in [4.78, 5) is 12.0. The Kier molecular flexibility index (Phi) is 3.71. The number of nitrogens with one attached hydrogen (secondary N) is 1. The topological polar surface area (TPSA) is 29.1 Å². The van der Waals surface area contributed by atoms with Gasteiger partial charge in [-0.1, -0.05) is 15.9 Å². The van der Waals surface area contributed by atoms with E-state index in [1.54, 1.807) is 0 Å². The number of amides is 1. The summed E-state index contributed by atoms with van der Waals surface area (Å²) in [5.41, 5.74) is -0.101. The van der Waals surface area contributed by atoms with Crippen molar-refractivity contribution in [3.05, 3.63) is 34.9 Å². The highest BCUT2D eigenvalue weighted by Gasteiger charge is 2.37. The Hall–Kier alpha value is -0.970. The van der Waals surface area contributed by atoms with Crippen LogP contribution in [-0.4, -0.2) is 16.8 Å². The number of aryl methyl sites for hydroxylation is 1. The van der Waals surface area contributed by atoms with Gasteiger partial charge in [-0.25, -0.2) is 8.78 Å². The maximum absolute atomic E-state index is 13.6. The molecule has 1 aromatic rings. The van der Waals surface area contributed by atoms with Crippen LogP contribution >= 0.6 is 15.9 Å². The molecule has 2 rings (SSSR count). The first-order chi connectivity index (χ1) is 8.47. The lowest BCUT2D eigenvalue weighted by molar-refractivity contribution is 0.0852. The van der Waals surface area contributed by atoms with E-state index in [4.69, 9.17) is 0 Å². The molecule has 0 atom stereocenters. The number of alkyl halides is 1. The normalized spacial score (nSPS) is 17.1. The van der Waals surface area contributed by atoms with Gasteiger partial charge < -0.3 is 5.32 Å². The SMILES string of the molecule is Cc1cc(C(=O)NC2(CBr)CCC2)c(F)cc1F. The Morgan fingerprint density at radius 2 is 2.06 bits per heavy atom. The number of hydrogen-bond donors (Lipinski definition) is 1. The monoisotopic (exact) mass is 317 g/mol. The zero-order chi connectivity index (χ0) is 13.3. The van der Waals surface area contributed by atoms with Crippen molar-refractivity contribution < 1.29 is 13.6 Å². The van der Waals surface area contributed by atoms with Crippen molar-refractivity contribution in [1.82, 2.24) is 5.32 Å². The van der Waals surface area contributed by atoms with Gasteiger partial charge in [0.25, 0.3) is 5.91 Å². The first-order valence-electron chi connectivity index (χ1n) is 5.81. The molecule has 0 radical (unpaired) electrons. The van der Waals surface area contributed by atoms with Gasteiger partial charge in [-0.2, -0.15) is 0 Å². The first kappa shape index (κ1) is 13.5. The zero-order valence-electron chi connectivity index (χ0n) is 10.0. The van der Waals surface area contributed by atoms with Crippen LogP contribution in [-0.2, 0) is 0 Å². The van der Waals surface area contributed by atoms with E-state index in [2.05, 4.69) is 21.2 Å². The molecule has 0 bridgehead atoms. The third kappa shape index (κ3) is 2.41. The molecule has 0 saturated heterocycles. The van der Waals surface area contributed by atoms with Crippen molar-refractivity contribution in [2.45, 2.75) is 31.7 Å². The summed E-state index contributed by atoms with van der Waals surface area (Å²) in [5.74, 6) is -1.93. The van der Waals surface area contributed by atoms with Gasteiger partial charge in [-0.15, -0.1) is 0 Å². The summed E-state index contributed by atoms with van der Waals surface area (Å²) in [6.45, 7) is 1.51. The highest BCUT2D eigenvalue weighted by atomic mass is 79.9. The lowest BCUT2D eigenvalue weighted by Crippen LogP contribution is -2.55. The van der Waals surface area contributed by atoms with Crippen molar-refractivity contribution in [3.63, 3.8) is 0 Å². The van der Waals surface area contributed by atoms with E-state index in [0.717, 1.165) is 25.3 Å². The molecule has 1 N–H and O–H groups in total. The quantitative estimate of drug-likeness (QED) is 0.851. The fourth-order valence-electron chi connectivity index (χ4n) is 2.04. The summed E-state index contributed by atoms with van der Waals surface area (Å²) >= 11 is 3.36. The molecule has 1 saturated carbocycles. The maximum Gasteiger partial charge on any atom is 0.254 e. The summed E-state index contributed by atoms with van der Waals surface area (Å²) in [6.07, 6.45) is 2.81. The minimum atomic E-state index is -0.820. The Morgan fingerprint density at radius 3 is 2.56 bits per heavy atom. The molecular formula is C13H14BrF2NO. The van der Waals surface area contributed by atoms with E-state index in [-0.39, 0.29) is 16.7 Å². The van der Waals surface area contributed by atoms with E-state index in [1.807, 2.05) is 0 Å². The Morgan fingerprint density at radius 1 is 1.39 bits per heavy atom. The minimum absolute atomic E-state index is 0.0962. The summed E-state index contributed by atoms with van der Waals surface area (Å²) in [6, 6.07) is 2.01. The van der Waals surface area contributed by atoms with E-state index >= 15 is 0 Å². The predicted molar refractivity (Wildman–Crippen MR) is 68.9 cm³/mol. The van der Waals surface area contributed by atoms with Gasteiger partial charge in [-0.3, -0.25) is 4.79 Å². The first-order valence-corrected chi connectivity index (χ1v) is 6.94. The van der Waals surface area contributed by atoms with E-state index < -0.39 is 17.5 Å². The lowest BCUT2D eigenvalue weighted by Gasteiger charge is -2.41. The molecule has 1 aliphatic rings. The van der Waals surface area contributed by atoms with Crippen LogP contribution in [0.2, 0.25) is 0 Å². The molecule has 2 nitrogen and oxygen atoms in total. The van der Waals surface area contributed by atoms with Crippen LogP contribution in [0.15, 0.2) is 12.1 Å². The van der Waals surface area contributed by atoms with Gasteiger partial charge in [0.1, 0.15) is 11.6 Å². The molecule has 1 fully saturated rings. The number of rotatable bonds is 3. The molecule has 1 aromatic carbocycles. The van der Waals surface area contributed by atoms with Crippen LogP contribution in [0, 0.1) is 18.6 Å². The maximum atomic E-state index is 13.6. The van der Waals surface area contributed by atoms with Gasteiger partial charge in [0.15, 0.2) is 0 Å². The minimum Gasteiger partial charge on any atom is -0.346 e. The molecule has 0 aromatic heterocycles. The highest BCUT2D eigenvalue weighted by Crippen LogP contribution is 2.33. The smallest absolute Gasteiger partial charge is 0.254 e. The summed E-state index contributed by atoms with van der Waals surface area (Å²) in [7, 11) is 0. The van der Waals surface area contributed by atoms with Crippen molar-refractivity contribution in [2.75, 3.05) is 5.33 Å². The molecular weight excluding hydrogens is 304 g/mol. The van der Waals surface area contributed by atoms with E-state index in [9.17, 15) is 13.6 Å². The van der Waals surface area contributed by atoms with Gasteiger partial charge in [0.2, 0.25) is 0 Å². The van der Waals surface area contributed by atoms with Crippen LogP contribution < -0.4 is 5.32 Å². The summed E-state index contributed by atoms with van der Waals surface area (Å²) < 4.78 is 26.7. The van der Waals surface area contributed by atoms with Crippen molar-refractivity contribution in [1.29, 1.82) is 0 Å². The largest absolute Gasteiger partial charge is 0.346 e. The molecule has 5 heteroatoms. The van der Waals surface area contributed by atoms with Gasteiger partial charge in [-0.05, 0) is 37.8 Å². The second kappa shape index (κ2) is 4.96. The zero-order valence-corrected chi connectivity index (χ0v) is 11.6. The summed E-state index contributed by atoms with van der Waals surface area (Å²) in [5, 5.41) is 3.48. The van der Waals surface area contributed by atoms with Crippen molar-refractivity contribution in [2.24, 2.45) is 0 Å². The van der Waals surface area contributed by atoms with Crippen LogP contribution in [0.4, 0.5) is 8.78 Å². The average Bonchev–Trinajstić information content (AvgIpc) is 2.28. The number of carbonyl (C=O) groups is 1. The van der Waals surface area contributed by atoms with Gasteiger partial charge in [0, 0.05) is 11.4 Å². The standard InChI is InChI=1S/C13H14BrF2NO/c1-8-5-9(11(16)6-10(8)15)12(18)17-13(7-14)3-2-4-13/h5-6H,2-4,7H2,1H3,(H,17,18). The second-order valence-electron chi connectivity index (χ2n) is 4.80. The van der Waals surface area contributed by atoms with Gasteiger partial charge in [0.05, 0.1) is 11.1 Å². The van der Waals surface area contributed by atoms with E-state index in [0.29, 0.717) is 5.33 Å². The van der Waals surface area contributed by atoms with Crippen molar-refractivity contribution >= 4 is 21.8 Å². The second-order valence-corrected chi connectivity index (χ2v) is 5.36. The van der Waals surface area contributed by atoms with Crippen molar-refractivity contribution in [3.8, 4) is 0 Å². The molecule has 18 heavy (non-hydrogen) atoms. The number of hydrogen-bond acceptors (Lipinski definition) is 1. The molecule has 0 spiro atoms. The Labute approximate surface area is 113 Å². The molecule has 0 aliphatic heterocycles. The fraction of sp³-hybridized carbons (Fsp3) is 0.462. The third-order valence-corrected chi connectivity index (χ3v) is 4.51. The molecule has 0 unspecified atom stereocenters. The average molecular weight is 318 g/mol. The van der Waals surface area contributed by atoms with Gasteiger partial charge >= 0.3 is 0 Å². The Bertz CT molecular complexity index is 481. The molecule has 0 heterocycles.